The van der Waals surface area contributed by atoms with Crippen LogP contribution in [-0.4, -0.2) is 33.7 Å². The van der Waals surface area contributed by atoms with Crippen molar-refractivity contribution in [1.29, 1.82) is 0 Å². The molecule has 8 heteroatoms. The lowest BCUT2D eigenvalue weighted by Gasteiger charge is -2.25. The fourth-order valence-corrected chi connectivity index (χ4v) is 5.42. The molecule has 0 aliphatic heterocycles. The van der Waals surface area contributed by atoms with Crippen molar-refractivity contribution < 1.29 is 17.9 Å². The summed E-state index contributed by atoms with van der Waals surface area (Å²) in [6.45, 7) is -0.481. The Balaban J connectivity index is 1.61. The summed E-state index contributed by atoms with van der Waals surface area (Å²) < 4.78 is 33.7. The molecule has 1 amide bonds. The second-order valence-electron chi connectivity index (χ2n) is 8.53. The van der Waals surface area contributed by atoms with Gasteiger partial charge in [-0.25, -0.2) is 13.8 Å². The molecule has 0 aliphatic rings. The zero-order valence-corrected chi connectivity index (χ0v) is 21.8. The number of anilines is 1. The molecule has 0 atom stereocenters. The molecule has 0 aliphatic carbocycles. The van der Waals surface area contributed by atoms with Gasteiger partial charge in [-0.05, 0) is 35.4 Å². The molecule has 38 heavy (non-hydrogen) atoms. The van der Waals surface area contributed by atoms with E-state index in [0.717, 1.165) is 21.1 Å². The molecule has 0 spiro atoms. The van der Waals surface area contributed by atoms with Crippen molar-refractivity contribution in [1.82, 2.24) is 5.43 Å². The molecule has 0 fully saturated rings. The number of carbonyl (C=O) groups excluding carboxylic acids is 1. The maximum atomic E-state index is 13.6. The molecule has 0 saturated carbocycles. The predicted molar refractivity (Wildman–Crippen MR) is 150 cm³/mol. The average Bonchev–Trinajstić information content (AvgIpc) is 2.96. The van der Waals surface area contributed by atoms with Crippen LogP contribution in [0.15, 0.2) is 125 Å². The Morgan fingerprint density at radius 3 is 1.82 bits per heavy atom. The molecule has 0 heterocycles. The van der Waals surface area contributed by atoms with Gasteiger partial charge in [-0.2, -0.15) is 5.10 Å². The highest BCUT2D eigenvalue weighted by Gasteiger charge is 2.29. The Labute approximate surface area is 223 Å². The van der Waals surface area contributed by atoms with E-state index in [2.05, 4.69) is 10.5 Å². The number of hydrogen-bond donors (Lipinski definition) is 1. The van der Waals surface area contributed by atoms with Crippen molar-refractivity contribution in [3.63, 3.8) is 0 Å². The Morgan fingerprint density at radius 2 is 1.26 bits per heavy atom. The van der Waals surface area contributed by atoms with E-state index in [1.54, 1.807) is 42.5 Å². The monoisotopic (exact) mass is 527 g/mol. The highest BCUT2D eigenvalue weighted by molar-refractivity contribution is 7.92. The van der Waals surface area contributed by atoms with Crippen molar-refractivity contribution in [3.05, 3.63) is 126 Å². The molecular formula is C30H29N3O4S. The van der Waals surface area contributed by atoms with E-state index < -0.39 is 22.5 Å². The lowest BCUT2D eigenvalue weighted by Crippen LogP contribution is -2.40. The second-order valence-corrected chi connectivity index (χ2v) is 10.4. The third-order valence-corrected chi connectivity index (χ3v) is 7.59. The Kier molecular flexibility index (Phi) is 8.89. The Hall–Kier alpha value is -4.43. The molecule has 0 bridgehead atoms. The number of para-hydroxylation sites is 2. The van der Waals surface area contributed by atoms with Gasteiger partial charge in [0.15, 0.2) is 0 Å². The smallest absolute Gasteiger partial charge is 0.264 e. The minimum atomic E-state index is -4.07. The van der Waals surface area contributed by atoms with Crippen LogP contribution in [0, 0.1) is 0 Å². The molecule has 4 aromatic carbocycles. The lowest BCUT2D eigenvalue weighted by molar-refractivity contribution is -0.119. The number of ether oxygens (including phenoxy) is 1. The summed E-state index contributed by atoms with van der Waals surface area (Å²) in [7, 11) is -2.62. The molecule has 0 saturated heterocycles. The number of amides is 1. The number of hydrazone groups is 1. The molecule has 0 aromatic heterocycles. The largest absolute Gasteiger partial charge is 0.495 e. The summed E-state index contributed by atoms with van der Waals surface area (Å²) >= 11 is 0. The minimum Gasteiger partial charge on any atom is -0.495 e. The van der Waals surface area contributed by atoms with Gasteiger partial charge >= 0.3 is 0 Å². The molecule has 0 unspecified atom stereocenters. The van der Waals surface area contributed by atoms with E-state index in [-0.39, 0.29) is 10.6 Å². The summed E-state index contributed by atoms with van der Waals surface area (Å²) in [5.74, 6) is -0.244. The quantitative estimate of drug-likeness (QED) is 0.223. The van der Waals surface area contributed by atoms with Crippen LogP contribution in [0.1, 0.15) is 11.1 Å². The highest BCUT2D eigenvalue weighted by atomic mass is 32.2. The standard InChI is InChI=1S/C30H29N3O4S/c1-37-29-20-12-11-19-28(29)33(38(35,36)27-17-9-4-10-18-27)23-30(34)32-31-26(21-24-13-5-2-6-14-24)22-25-15-7-3-8-16-25/h2-20H,21-23H2,1H3,(H,32,34). The molecular weight excluding hydrogens is 498 g/mol. The van der Waals surface area contributed by atoms with Crippen molar-refractivity contribution in [2.45, 2.75) is 17.7 Å². The molecule has 0 radical (unpaired) electrons. The van der Waals surface area contributed by atoms with E-state index >= 15 is 0 Å². The Morgan fingerprint density at radius 1 is 0.763 bits per heavy atom. The summed E-state index contributed by atoms with van der Waals surface area (Å²) in [5.41, 5.74) is 5.69. The summed E-state index contributed by atoms with van der Waals surface area (Å²) in [6.07, 6.45) is 1.07. The Bertz CT molecular complexity index is 1430. The third kappa shape index (κ3) is 6.86. The van der Waals surface area contributed by atoms with Crippen molar-refractivity contribution in [3.8, 4) is 5.75 Å². The van der Waals surface area contributed by atoms with Gasteiger partial charge in [-0.15, -0.1) is 0 Å². The predicted octanol–water partition coefficient (Wildman–Crippen LogP) is 4.85. The van der Waals surface area contributed by atoms with Gasteiger partial charge in [-0.3, -0.25) is 9.10 Å². The number of sulfonamides is 1. The maximum Gasteiger partial charge on any atom is 0.264 e. The van der Waals surface area contributed by atoms with Crippen LogP contribution in [0.2, 0.25) is 0 Å². The van der Waals surface area contributed by atoms with Gasteiger partial charge in [0, 0.05) is 18.6 Å². The van der Waals surface area contributed by atoms with Gasteiger partial charge in [0.2, 0.25) is 0 Å². The van der Waals surface area contributed by atoms with Gasteiger partial charge < -0.3 is 4.74 Å². The second kappa shape index (κ2) is 12.7. The number of benzene rings is 4. The summed E-state index contributed by atoms with van der Waals surface area (Å²) in [5, 5.41) is 4.42. The molecule has 194 valence electrons. The zero-order chi connectivity index (χ0) is 26.8. The van der Waals surface area contributed by atoms with Crippen LogP contribution < -0.4 is 14.5 Å². The van der Waals surface area contributed by atoms with E-state index in [1.807, 2.05) is 60.7 Å². The number of hydrogen-bond acceptors (Lipinski definition) is 5. The van der Waals surface area contributed by atoms with Crippen LogP contribution in [0.25, 0.3) is 0 Å². The first-order valence-electron chi connectivity index (χ1n) is 12.1. The molecule has 1 N–H and O–H groups in total. The molecule has 4 aromatic rings. The van der Waals surface area contributed by atoms with Crippen LogP contribution in [0.5, 0.6) is 5.75 Å². The topological polar surface area (TPSA) is 88.1 Å². The number of carbonyl (C=O) groups is 1. The SMILES string of the molecule is COc1ccccc1N(CC(=O)NN=C(Cc1ccccc1)Cc1ccccc1)S(=O)(=O)c1ccccc1. The van der Waals surface area contributed by atoms with Gasteiger partial charge in [-0.1, -0.05) is 91.0 Å². The number of methoxy groups -OCH3 is 1. The minimum absolute atomic E-state index is 0.0658. The van der Waals surface area contributed by atoms with E-state index in [4.69, 9.17) is 4.74 Å². The first-order chi connectivity index (χ1) is 18.5. The van der Waals surface area contributed by atoms with Gasteiger partial charge in [0.1, 0.15) is 12.3 Å². The zero-order valence-electron chi connectivity index (χ0n) is 21.0. The summed E-state index contributed by atoms with van der Waals surface area (Å²) in [4.78, 5) is 13.2. The average molecular weight is 528 g/mol. The van der Waals surface area contributed by atoms with Crippen LogP contribution in [0.4, 0.5) is 5.69 Å². The number of nitrogens with one attached hydrogen (secondary N) is 1. The third-order valence-electron chi connectivity index (χ3n) is 5.81. The van der Waals surface area contributed by atoms with Crippen LogP contribution >= 0.6 is 0 Å². The van der Waals surface area contributed by atoms with Crippen molar-refractivity contribution in [2.24, 2.45) is 5.10 Å². The molecule has 7 nitrogen and oxygen atoms in total. The first kappa shape index (κ1) is 26.6. The first-order valence-corrected chi connectivity index (χ1v) is 13.5. The van der Waals surface area contributed by atoms with E-state index in [9.17, 15) is 13.2 Å². The normalized spacial score (nSPS) is 10.9. The van der Waals surface area contributed by atoms with E-state index in [1.165, 1.54) is 19.2 Å². The van der Waals surface area contributed by atoms with Crippen LogP contribution in [-0.2, 0) is 27.7 Å². The van der Waals surface area contributed by atoms with Crippen LogP contribution in [0.3, 0.4) is 0 Å². The maximum absolute atomic E-state index is 13.6. The van der Waals surface area contributed by atoms with Gasteiger partial charge in [0.25, 0.3) is 15.9 Å². The van der Waals surface area contributed by atoms with Crippen molar-refractivity contribution >= 4 is 27.3 Å². The fraction of sp³-hybridized carbons (Fsp3) is 0.133. The number of nitrogens with zero attached hydrogens (tertiary/aromatic N) is 2. The number of rotatable bonds is 11. The van der Waals surface area contributed by atoms with Crippen molar-refractivity contribution in [2.75, 3.05) is 18.0 Å². The summed E-state index contributed by atoms with van der Waals surface area (Å²) in [6, 6.07) is 34.4. The fourth-order valence-electron chi connectivity index (χ4n) is 3.97. The van der Waals surface area contributed by atoms with E-state index in [0.29, 0.717) is 18.6 Å². The molecule has 4 rings (SSSR count). The lowest BCUT2D eigenvalue weighted by atomic mass is 10.0. The van der Waals surface area contributed by atoms with Gasteiger partial charge in [0.05, 0.1) is 17.7 Å². The highest BCUT2D eigenvalue weighted by Crippen LogP contribution is 2.32.